The Kier molecular flexibility index (Phi) is 5.83. The van der Waals surface area contributed by atoms with Gasteiger partial charge in [-0.2, -0.15) is 0 Å². The zero-order valence-electron chi connectivity index (χ0n) is 26.9. The van der Waals surface area contributed by atoms with Crippen molar-refractivity contribution >= 4 is 103 Å². The molecule has 0 unspecified atom stereocenters. The largest absolute Gasteiger partial charge is 0.456 e. The summed E-state index contributed by atoms with van der Waals surface area (Å²) in [5, 5.41) is 9.71. The minimum atomic E-state index is 0.886. The van der Waals surface area contributed by atoms with Gasteiger partial charge < -0.3 is 13.9 Å². The Morgan fingerprint density at radius 3 is 2.08 bits per heavy atom. The number of furan rings is 1. The second-order valence-electron chi connectivity index (χ2n) is 12.9. The number of hydrogen-bond donors (Lipinski definition) is 0. The summed E-state index contributed by atoms with van der Waals surface area (Å²) in [4.78, 5) is 2.46. The van der Waals surface area contributed by atoms with Crippen LogP contribution in [0.5, 0.6) is 0 Å². The van der Waals surface area contributed by atoms with E-state index in [0.717, 1.165) is 50.2 Å². The minimum Gasteiger partial charge on any atom is -0.456 e. The van der Waals surface area contributed by atoms with Gasteiger partial charge in [0.25, 0.3) is 0 Å². The molecule has 0 amide bonds. The number of aromatic nitrogens is 1. The molecule has 0 aliphatic heterocycles. The minimum absolute atomic E-state index is 0.886. The molecule has 0 bridgehead atoms. The number of benzene rings is 8. The molecular weight excluding hydrogens is 629 g/mol. The molecule has 50 heavy (non-hydrogen) atoms. The molecule has 11 aromatic rings. The number of thiophene rings is 1. The molecule has 0 N–H and O–H groups in total. The van der Waals surface area contributed by atoms with Gasteiger partial charge in [0.15, 0.2) is 0 Å². The topological polar surface area (TPSA) is 21.3 Å². The van der Waals surface area contributed by atoms with E-state index in [-0.39, 0.29) is 0 Å². The Bertz CT molecular complexity index is 3110. The standard InChI is InChI=1S/C46H28N2OS/c1-2-13-30(14-3-1)48-39-19-7-4-15-32(39)35-18-11-21-41(46(35)48)47(31-24-25-43-37(27-31)33-16-5-8-22-42(33)49-43)40-20-10-12-29-26-38-34-17-6-9-23-44(34)50-45(38)28-36(29)40/h1-28H. The van der Waals surface area contributed by atoms with Crippen LogP contribution < -0.4 is 4.90 Å². The number of hydrogen-bond acceptors (Lipinski definition) is 3. The lowest BCUT2D eigenvalue weighted by Gasteiger charge is -2.28. The fraction of sp³-hybridized carbons (Fsp3) is 0. The van der Waals surface area contributed by atoms with Crippen molar-refractivity contribution < 1.29 is 4.42 Å². The fourth-order valence-electron chi connectivity index (χ4n) is 7.96. The maximum absolute atomic E-state index is 6.31. The van der Waals surface area contributed by atoms with E-state index >= 15 is 0 Å². The molecule has 0 atom stereocenters. The van der Waals surface area contributed by atoms with Crippen molar-refractivity contribution in [2.24, 2.45) is 0 Å². The zero-order chi connectivity index (χ0) is 32.8. The van der Waals surface area contributed by atoms with Gasteiger partial charge in [0.2, 0.25) is 0 Å². The van der Waals surface area contributed by atoms with Crippen LogP contribution in [0.1, 0.15) is 0 Å². The average Bonchev–Trinajstić information content (AvgIpc) is 3.84. The maximum Gasteiger partial charge on any atom is 0.135 e. The summed E-state index contributed by atoms with van der Waals surface area (Å²) in [7, 11) is 0. The van der Waals surface area contributed by atoms with Crippen LogP contribution in [0.4, 0.5) is 17.1 Å². The van der Waals surface area contributed by atoms with E-state index in [0.29, 0.717) is 0 Å². The Balaban J connectivity index is 1.27. The van der Waals surface area contributed by atoms with Crippen molar-refractivity contribution in [1.29, 1.82) is 0 Å². The van der Waals surface area contributed by atoms with Crippen LogP contribution in [0, 0.1) is 0 Å². The molecule has 0 aliphatic carbocycles. The molecule has 11 rings (SSSR count). The van der Waals surface area contributed by atoms with Gasteiger partial charge in [0.1, 0.15) is 11.2 Å². The van der Waals surface area contributed by atoms with Crippen LogP contribution in [0.3, 0.4) is 0 Å². The van der Waals surface area contributed by atoms with Crippen molar-refractivity contribution in [2.45, 2.75) is 0 Å². The third-order valence-corrected chi connectivity index (χ3v) is 11.3. The van der Waals surface area contributed by atoms with Crippen molar-refractivity contribution in [3.8, 4) is 5.69 Å². The van der Waals surface area contributed by atoms with Gasteiger partial charge in [-0.25, -0.2) is 0 Å². The predicted molar refractivity (Wildman–Crippen MR) is 213 cm³/mol. The smallest absolute Gasteiger partial charge is 0.135 e. The Morgan fingerprint density at radius 1 is 0.440 bits per heavy atom. The highest BCUT2D eigenvalue weighted by molar-refractivity contribution is 7.25. The van der Waals surface area contributed by atoms with E-state index in [1.165, 1.54) is 47.2 Å². The molecule has 0 saturated carbocycles. The van der Waals surface area contributed by atoms with E-state index in [1.807, 2.05) is 23.5 Å². The van der Waals surface area contributed by atoms with E-state index in [1.54, 1.807) is 0 Å². The lowest BCUT2D eigenvalue weighted by atomic mass is 10.0. The monoisotopic (exact) mass is 656 g/mol. The van der Waals surface area contributed by atoms with Crippen molar-refractivity contribution in [1.82, 2.24) is 4.57 Å². The third kappa shape index (κ3) is 3.97. The number of para-hydroxylation sites is 4. The molecule has 0 radical (unpaired) electrons. The molecule has 234 valence electrons. The van der Waals surface area contributed by atoms with Gasteiger partial charge in [-0.05, 0) is 78.2 Å². The molecule has 8 aromatic carbocycles. The first-order valence-corrected chi connectivity index (χ1v) is 17.7. The SMILES string of the molecule is c1ccc(-n2c3ccccc3c3cccc(N(c4ccc5oc6ccccc6c5c4)c4cccc5cc6c(cc45)sc4ccccc46)c32)cc1. The van der Waals surface area contributed by atoms with Gasteiger partial charge in [0, 0.05) is 58.5 Å². The molecule has 0 fully saturated rings. The quantitative estimate of drug-likeness (QED) is 0.188. The highest BCUT2D eigenvalue weighted by Crippen LogP contribution is 2.47. The lowest BCUT2D eigenvalue weighted by Crippen LogP contribution is -2.12. The van der Waals surface area contributed by atoms with E-state index in [9.17, 15) is 0 Å². The van der Waals surface area contributed by atoms with Crippen molar-refractivity contribution in [3.63, 3.8) is 0 Å². The highest BCUT2D eigenvalue weighted by atomic mass is 32.1. The van der Waals surface area contributed by atoms with Crippen LogP contribution in [-0.4, -0.2) is 4.57 Å². The van der Waals surface area contributed by atoms with Crippen LogP contribution in [0.25, 0.3) is 80.4 Å². The first kappa shape index (κ1) is 27.6. The fourth-order valence-corrected chi connectivity index (χ4v) is 9.09. The summed E-state index contributed by atoms with van der Waals surface area (Å²) in [6.45, 7) is 0. The molecule has 3 aromatic heterocycles. The maximum atomic E-state index is 6.31. The summed E-state index contributed by atoms with van der Waals surface area (Å²) in [6, 6.07) is 61.4. The number of rotatable bonds is 4. The molecule has 0 aliphatic rings. The third-order valence-electron chi connectivity index (χ3n) is 10.1. The van der Waals surface area contributed by atoms with E-state index in [4.69, 9.17) is 4.42 Å². The van der Waals surface area contributed by atoms with Crippen LogP contribution in [-0.2, 0) is 0 Å². The van der Waals surface area contributed by atoms with E-state index < -0.39 is 0 Å². The van der Waals surface area contributed by atoms with Gasteiger partial charge in [-0.15, -0.1) is 11.3 Å². The second-order valence-corrected chi connectivity index (χ2v) is 14.0. The predicted octanol–water partition coefficient (Wildman–Crippen LogP) is 13.7. The van der Waals surface area contributed by atoms with Crippen LogP contribution in [0.15, 0.2) is 174 Å². The zero-order valence-corrected chi connectivity index (χ0v) is 27.7. The van der Waals surface area contributed by atoms with Crippen molar-refractivity contribution in [3.05, 3.63) is 170 Å². The number of fused-ring (bicyclic) bond motifs is 10. The van der Waals surface area contributed by atoms with E-state index in [2.05, 4.69) is 167 Å². The normalized spacial score (nSPS) is 12.0. The van der Waals surface area contributed by atoms with Gasteiger partial charge in [0.05, 0.1) is 22.4 Å². The molecule has 4 heteroatoms. The Labute approximate surface area is 291 Å². The van der Waals surface area contributed by atoms with Gasteiger partial charge in [-0.1, -0.05) is 97.1 Å². The average molecular weight is 657 g/mol. The van der Waals surface area contributed by atoms with Crippen molar-refractivity contribution in [2.75, 3.05) is 4.90 Å². The second kappa shape index (κ2) is 10.6. The summed E-state index contributed by atoms with van der Waals surface area (Å²) >= 11 is 1.86. The Morgan fingerprint density at radius 2 is 1.16 bits per heavy atom. The first-order chi connectivity index (χ1) is 24.8. The first-order valence-electron chi connectivity index (χ1n) is 16.9. The van der Waals surface area contributed by atoms with Crippen LogP contribution in [0.2, 0.25) is 0 Å². The molecule has 3 nitrogen and oxygen atoms in total. The molecule has 0 spiro atoms. The van der Waals surface area contributed by atoms with Gasteiger partial charge >= 0.3 is 0 Å². The lowest BCUT2D eigenvalue weighted by molar-refractivity contribution is 0.669. The van der Waals surface area contributed by atoms with Crippen LogP contribution >= 0.6 is 11.3 Å². The molecule has 0 saturated heterocycles. The highest BCUT2D eigenvalue weighted by Gasteiger charge is 2.24. The summed E-state index contributed by atoms with van der Waals surface area (Å²) in [6.07, 6.45) is 0. The van der Waals surface area contributed by atoms with Gasteiger partial charge in [-0.3, -0.25) is 0 Å². The Hall–Kier alpha value is -6.36. The molecular formula is C46H28N2OS. The summed E-state index contributed by atoms with van der Waals surface area (Å²) in [5.74, 6) is 0. The number of nitrogens with zero attached hydrogens (tertiary/aromatic N) is 2. The summed E-state index contributed by atoms with van der Waals surface area (Å²) < 4.78 is 11.3. The molecule has 3 heterocycles. The summed E-state index contributed by atoms with van der Waals surface area (Å²) in [5.41, 5.74) is 8.58. The number of anilines is 3.